The highest BCUT2D eigenvalue weighted by Gasteiger charge is 2.14. The van der Waals surface area contributed by atoms with Crippen molar-refractivity contribution < 1.29 is 4.79 Å². The largest absolute Gasteiger partial charge is 0.341 e. The van der Waals surface area contributed by atoms with Crippen LogP contribution in [0.4, 0.5) is 0 Å². The molecule has 14 heavy (non-hydrogen) atoms. The van der Waals surface area contributed by atoms with Crippen LogP contribution in [0.3, 0.4) is 0 Å². The van der Waals surface area contributed by atoms with Crippen LogP contribution in [0.1, 0.15) is 13.3 Å². The van der Waals surface area contributed by atoms with E-state index in [1.807, 2.05) is 13.0 Å². The van der Waals surface area contributed by atoms with Crippen molar-refractivity contribution in [3.8, 4) is 18.4 Å². The average Bonchev–Trinajstić information content (AvgIpc) is 2.17. The van der Waals surface area contributed by atoms with Gasteiger partial charge in [0.25, 0.3) is 0 Å². The number of hydrogen-bond acceptors (Lipinski definition) is 3. The summed E-state index contributed by atoms with van der Waals surface area (Å²) in [5.41, 5.74) is 0. The maximum absolute atomic E-state index is 11.4. The maximum Gasteiger partial charge on any atom is 0.236 e. The number of nitrogens with one attached hydrogen (secondary N) is 1. The first-order chi connectivity index (χ1) is 6.63. The summed E-state index contributed by atoms with van der Waals surface area (Å²) in [5.74, 6) is 2.33. The third kappa shape index (κ3) is 4.49. The number of likely N-dealkylation sites (N-methyl/N-ethyl adjacent to an activating group) is 1. The lowest BCUT2D eigenvalue weighted by atomic mass is 10.2. The van der Waals surface area contributed by atoms with Crippen LogP contribution in [0.5, 0.6) is 0 Å². The SMILES string of the molecule is C#CCNCC(=O)N(C)C(C)CC#N. The Morgan fingerprint density at radius 3 is 2.86 bits per heavy atom. The summed E-state index contributed by atoms with van der Waals surface area (Å²) in [6.07, 6.45) is 5.36. The first-order valence-corrected chi connectivity index (χ1v) is 4.40. The van der Waals surface area contributed by atoms with Gasteiger partial charge in [-0.1, -0.05) is 5.92 Å². The topological polar surface area (TPSA) is 56.1 Å². The van der Waals surface area contributed by atoms with Gasteiger partial charge in [0.2, 0.25) is 5.91 Å². The van der Waals surface area contributed by atoms with Crippen LogP contribution in [-0.4, -0.2) is 37.0 Å². The van der Waals surface area contributed by atoms with E-state index in [0.29, 0.717) is 13.0 Å². The maximum atomic E-state index is 11.4. The van der Waals surface area contributed by atoms with E-state index in [-0.39, 0.29) is 18.5 Å². The van der Waals surface area contributed by atoms with E-state index in [4.69, 9.17) is 11.7 Å². The highest BCUT2D eigenvalue weighted by atomic mass is 16.2. The number of rotatable bonds is 5. The Bertz CT molecular complexity index is 262. The van der Waals surface area contributed by atoms with E-state index in [1.54, 1.807) is 11.9 Å². The van der Waals surface area contributed by atoms with Gasteiger partial charge in [-0.05, 0) is 6.92 Å². The van der Waals surface area contributed by atoms with E-state index in [1.165, 1.54) is 0 Å². The standard InChI is InChI=1S/C10H15N3O/c1-4-7-12-8-10(14)13(3)9(2)5-6-11/h1,9,12H,5,7-8H2,2-3H3. The third-order valence-electron chi connectivity index (χ3n) is 1.94. The first-order valence-electron chi connectivity index (χ1n) is 4.40. The van der Waals surface area contributed by atoms with Crippen LogP contribution in [0.25, 0.3) is 0 Å². The summed E-state index contributed by atoms with van der Waals surface area (Å²) in [4.78, 5) is 13.0. The van der Waals surface area contributed by atoms with E-state index in [2.05, 4.69) is 11.2 Å². The molecule has 0 aromatic rings. The Hall–Kier alpha value is -1.52. The van der Waals surface area contributed by atoms with Crippen LogP contribution >= 0.6 is 0 Å². The van der Waals surface area contributed by atoms with Gasteiger partial charge in [0.05, 0.1) is 25.6 Å². The van der Waals surface area contributed by atoms with E-state index in [0.717, 1.165) is 0 Å². The number of terminal acetylenes is 1. The fraction of sp³-hybridized carbons (Fsp3) is 0.600. The van der Waals surface area contributed by atoms with Gasteiger partial charge >= 0.3 is 0 Å². The highest BCUT2D eigenvalue weighted by Crippen LogP contribution is 1.99. The zero-order valence-electron chi connectivity index (χ0n) is 8.58. The normalized spacial score (nSPS) is 11.1. The summed E-state index contributed by atoms with van der Waals surface area (Å²) in [6, 6.07) is 1.97. The lowest BCUT2D eigenvalue weighted by molar-refractivity contribution is -0.130. The summed E-state index contributed by atoms with van der Waals surface area (Å²) >= 11 is 0. The smallest absolute Gasteiger partial charge is 0.236 e. The van der Waals surface area contributed by atoms with Gasteiger partial charge in [-0.2, -0.15) is 5.26 Å². The Morgan fingerprint density at radius 2 is 2.36 bits per heavy atom. The summed E-state index contributed by atoms with van der Waals surface area (Å²) in [7, 11) is 1.68. The molecule has 0 saturated heterocycles. The molecule has 1 atom stereocenters. The van der Waals surface area contributed by atoms with Gasteiger partial charge in [-0.15, -0.1) is 6.42 Å². The van der Waals surface area contributed by atoms with Crippen molar-refractivity contribution in [1.29, 1.82) is 5.26 Å². The lowest BCUT2D eigenvalue weighted by Crippen LogP contribution is -2.40. The molecule has 0 spiro atoms. The molecule has 1 amide bonds. The quantitative estimate of drug-likeness (QED) is 0.493. The Labute approximate surface area is 84.9 Å². The van der Waals surface area contributed by atoms with Gasteiger partial charge < -0.3 is 4.90 Å². The van der Waals surface area contributed by atoms with E-state index in [9.17, 15) is 4.79 Å². The first kappa shape index (κ1) is 12.5. The molecule has 0 aliphatic rings. The minimum absolute atomic E-state index is 0.0528. The molecule has 0 aliphatic carbocycles. The third-order valence-corrected chi connectivity index (χ3v) is 1.94. The molecular formula is C10H15N3O. The molecule has 76 valence electrons. The van der Waals surface area contributed by atoms with Crippen molar-refractivity contribution in [1.82, 2.24) is 10.2 Å². The highest BCUT2D eigenvalue weighted by molar-refractivity contribution is 5.78. The Balaban J connectivity index is 3.88. The molecule has 1 unspecified atom stereocenters. The second-order valence-electron chi connectivity index (χ2n) is 3.02. The predicted octanol–water partition coefficient (Wildman–Crippen LogP) is -0.0302. The van der Waals surface area contributed by atoms with E-state index >= 15 is 0 Å². The van der Waals surface area contributed by atoms with Crippen LogP contribution in [0.2, 0.25) is 0 Å². The molecule has 1 N–H and O–H groups in total. The zero-order chi connectivity index (χ0) is 11.0. The lowest BCUT2D eigenvalue weighted by Gasteiger charge is -2.22. The van der Waals surface area contributed by atoms with Gasteiger partial charge in [0.1, 0.15) is 0 Å². The Kier molecular flexibility index (Phi) is 6.19. The molecule has 0 radical (unpaired) electrons. The molecule has 0 saturated carbocycles. The van der Waals surface area contributed by atoms with Gasteiger partial charge in [-0.3, -0.25) is 10.1 Å². The van der Waals surface area contributed by atoms with Crippen LogP contribution in [0.15, 0.2) is 0 Å². The van der Waals surface area contributed by atoms with Crippen molar-refractivity contribution in [2.45, 2.75) is 19.4 Å². The van der Waals surface area contributed by atoms with Crippen molar-refractivity contribution in [2.24, 2.45) is 0 Å². The zero-order valence-corrected chi connectivity index (χ0v) is 8.58. The number of carbonyl (C=O) groups is 1. The van der Waals surface area contributed by atoms with Crippen molar-refractivity contribution >= 4 is 5.91 Å². The number of amides is 1. The minimum Gasteiger partial charge on any atom is -0.341 e. The Morgan fingerprint density at radius 1 is 1.71 bits per heavy atom. The average molecular weight is 193 g/mol. The summed E-state index contributed by atoms with van der Waals surface area (Å²) in [5, 5.41) is 11.3. The molecule has 0 aliphatic heterocycles. The molecule has 0 heterocycles. The monoisotopic (exact) mass is 193 g/mol. The predicted molar refractivity (Wildman–Crippen MR) is 54.2 cm³/mol. The number of carbonyl (C=O) groups excluding carboxylic acids is 1. The molecular weight excluding hydrogens is 178 g/mol. The van der Waals surface area contributed by atoms with Gasteiger partial charge in [-0.25, -0.2) is 0 Å². The molecule has 4 heteroatoms. The number of nitriles is 1. The molecule has 0 aromatic carbocycles. The molecule has 0 fully saturated rings. The van der Waals surface area contributed by atoms with Gasteiger partial charge in [0, 0.05) is 13.1 Å². The molecule has 0 aromatic heterocycles. The van der Waals surface area contributed by atoms with Crippen molar-refractivity contribution in [2.75, 3.05) is 20.1 Å². The summed E-state index contributed by atoms with van der Waals surface area (Å²) < 4.78 is 0. The van der Waals surface area contributed by atoms with Crippen LogP contribution in [0, 0.1) is 23.7 Å². The van der Waals surface area contributed by atoms with E-state index < -0.39 is 0 Å². The molecule has 4 nitrogen and oxygen atoms in total. The van der Waals surface area contributed by atoms with Crippen LogP contribution in [-0.2, 0) is 4.79 Å². The van der Waals surface area contributed by atoms with Crippen molar-refractivity contribution in [3.05, 3.63) is 0 Å². The fourth-order valence-electron chi connectivity index (χ4n) is 0.881. The second kappa shape index (κ2) is 6.94. The number of nitrogens with zero attached hydrogens (tertiary/aromatic N) is 2. The molecule has 0 rings (SSSR count). The van der Waals surface area contributed by atoms with Crippen LogP contribution < -0.4 is 5.32 Å². The molecule has 0 bridgehead atoms. The second-order valence-corrected chi connectivity index (χ2v) is 3.02. The number of hydrogen-bond donors (Lipinski definition) is 1. The summed E-state index contributed by atoms with van der Waals surface area (Å²) in [6.45, 7) is 2.44. The van der Waals surface area contributed by atoms with Gasteiger partial charge in [0.15, 0.2) is 0 Å². The minimum atomic E-state index is -0.0554. The van der Waals surface area contributed by atoms with Crippen molar-refractivity contribution in [3.63, 3.8) is 0 Å². The fourth-order valence-corrected chi connectivity index (χ4v) is 0.881.